The number of carbonyl (C=O) groups excluding carboxylic acids is 1. The Kier molecular flexibility index (Phi) is 4.70. The van der Waals surface area contributed by atoms with Gasteiger partial charge in [-0.1, -0.05) is 0 Å². The lowest BCUT2D eigenvalue weighted by molar-refractivity contribution is -0.140. The lowest BCUT2D eigenvalue weighted by Gasteiger charge is -2.15. The number of carboxylic acid groups (broad SMARTS) is 1. The van der Waals surface area contributed by atoms with Crippen molar-refractivity contribution in [2.24, 2.45) is 0 Å². The summed E-state index contributed by atoms with van der Waals surface area (Å²) in [5.74, 6) is -1.24. The van der Waals surface area contributed by atoms with Gasteiger partial charge in [0.2, 0.25) is 5.91 Å². The second-order valence-corrected chi connectivity index (χ2v) is 3.75. The van der Waals surface area contributed by atoms with Crippen molar-refractivity contribution in [2.45, 2.75) is 32.0 Å². The molecule has 0 aromatic heterocycles. The molecule has 0 aliphatic carbocycles. The van der Waals surface area contributed by atoms with Crippen LogP contribution in [0.4, 0.5) is 0 Å². The Hall–Kier alpha value is -1.14. The summed E-state index contributed by atoms with van der Waals surface area (Å²) in [4.78, 5) is 23.3. The van der Waals surface area contributed by atoms with E-state index in [2.05, 4.69) is 0 Å². The summed E-state index contributed by atoms with van der Waals surface area (Å²) in [7, 11) is 0. The van der Waals surface area contributed by atoms with Gasteiger partial charge in [0, 0.05) is 26.1 Å². The van der Waals surface area contributed by atoms with E-state index in [9.17, 15) is 14.7 Å². The van der Waals surface area contributed by atoms with E-state index in [1.807, 2.05) is 6.92 Å². The van der Waals surface area contributed by atoms with E-state index in [1.54, 1.807) is 0 Å². The quantitative estimate of drug-likeness (QED) is 0.663. The number of rotatable bonds is 5. The average molecular weight is 231 g/mol. The lowest BCUT2D eigenvalue weighted by Crippen LogP contribution is -2.30. The molecule has 1 aliphatic heterocycles. The normalized spacial score (nSPS) is 24.8. The van der Waals surface area contributed by atoms with Crippen LogP contribution < -0.4 is 0 Å². The number of hydrogen-bond acceptors (Lipinski definition) is 4. The Balaban J connectivity index is 2.39. The molecular formula is C10H17NO5. The van der Waals surface area contributed by atoms with Crippen molar-refractivity contribution in [3.63, 3.8) is 0 Å². The number of aliphatic hydroxyl groups excluding tert-OH is 1. The van der Waals surface area contributed by atoms with Crippen LogP contribution in [0.25, 0.3) is 0 Å². The van der Waals surface area contributed by atoms with Gasteiger partial charge in [0.15, 0.2) is 0 Å². The zero-order valence-corrected chi connectivity index (χ0v) is 9.26. The third-order valence-corrected chi connectivity index (χ3v) is 2.52. The van der Waals surface area contributed by atoms with Crippen molar-refractivity contribution in [1.29, 1.82) is 0 Å². The summed E-state index contributed by atoms with van der Waals surface area (Å²) >= 11 is 0. The minimum Gasteiger partial charge on any atom is -0.481 e. The van der Waals surface area contributed by atoms with Gasteiger partial charge in [0.25, 0.3) is 0 Å². The van der Waals surface area contributed by atoms with Crippen molar-refractivity contribution in [1.82, 2.24) is 4.90 Å². The minimum atomic E-state index is -0.991. The molecular weight excluding hydrogens is 214 g/mol. The second-order valence-electron chi connectivity index (χ2n) is 3.75. The van der Waals surface area contributed by atoms with E-state index in [-0.39, 0.29) is 31.4 Å². The number of aliphatic hydroxyl groups is 1. The maximum absolute atomic E-state index is 11.5. The summed E-state index contributed by atoms with van der Waals surface area (Å²) in [5.41, 5.74) is 0. The number of carboxylic acids is 1. The second kappa shape index (κ2) is 5.81. The SMILES string of the molecule is CCO[C@@H]1CN(C(=O)CCC(=O)O)C[C@H]1O. The van der Waals surface area contributed by atoms with E-state index >= 15 is 0 Å². The first kappa shape index (κ1) is 12.9. The summed E-state index contributed by atoms with van der Waals surface area (Å²) < 4.78 is 5.26. The number of likely N-dealkylation sites (tertiary alicyclic amines) is 1. The van der Waals surface area contributed by atoms with Gasteiger partial charge in [-0.2, -0.15) is 0 Å². The molecule has 1 amide bonds. The molecule has 0 spiro atoms. The van der Waals surface area contributed by atoms with Crippen LogP contribution in [0.3, 0.4) is 0 Å². The summed E-state index contributed by atoms with van der Waals surface area (Å²) in [5, 5.41) is 18.0. The maximum atomic E-state index is 11.5. The maximum Gasteiger partial charge on any atom is 0.303 e. The minimum absolute atomic E-state index is 0.0269. The van der Waals surface area contributed by atoms with Gasteiger partial charge in [-0.3, -0.25) is 9.59 Å². The Morgan fingerprint density at radius 3 is 2.62 bits per heavy atom. The molecule has 0 unspecified atom stereocenters. The molecule has 16 heavy (non-hydrogen) atoms. The van der Waals surface area contributed by atoms with E-state index in [0.717, 1.165) is 0 Å². The number of β-amino-alcohol motifs (C(OH)–C–C–N with tert-alkyl or cyclic N) is 1. The highest BCUT2D eigenvalue weighted by atomic mass is 16.5. The molecule has 0 aromatic rings. The first-order valence-corrected chi connectivity index (χ1v) is 5.33. The molecule has 0 bridgehead atoms. The molecule has 92 valence electrons. The van der Waals surface area contributed by atoms with Crippen molar-refractivity contribution >= 4 is 11.9 Å². The number of hydrogen-bond donors (Lipinski definition) is 2. The molecule has 6 nitrogen and oxygen atoms in total. The third-order valence-electron chi connectivity index (χ3n) is 2.52. The van der Waals surface area contributed by atoms with Crippen molar-refractivity contribution < 1.29 is 24.5 Å². The van der Waals surface area contributed by atoms with Crippen LogP contribution >= 0.6 is 0 Å². The first-order valence-electron chi connectivity index (χ1n) is 5.33. The summed E-state index contributed by atoms with van der Waals surface area (Å²) in [6, 6.07) is 0. The highest BCUT2D eigenvalue weighted by Crippen LogP contribution is 2.15. The van der Waals surface area contributed by atoms with Crippen molar-refractivity contribution in [2.75, 3.05) is 19.7 Å². The molecule has 2 atom stereocenters. The van der Waals surface area contributed by atoms with Gasteiger partial charge >= 0.3 is 5.97 Å². The molecule has 0 radical (unpaired) electrons. The van der Waals surface area contributed by atoms with Gasteiger partial charge in [0.1, 0.15) is 6.10 Å². The van der Waals surface area contributed by atoms with Crippen molar-refractivity contribution in [3.8, 4) is 0 Å². The molecule has 1 aliphatic rings. The van der Waals surface area contributed by atoms with E-state index < -0.39 is 12.1 Å². The molecule has 1 rings (SSSR count). The highest BCUT2D eigenvalue weighted by Gasteiger charge is 2.34. The first-order chi connectivity index (χ1) is 7.54. The topological polar surface area (TPSA) is 87.1 Å². The predicted octanol–water partition coefficient (Wildman–Crippen LogP) is -0.541. The van der Waals surface area contributed by atoms with Gasteiger partial charge in [-0.05, 0) is 6.92 Å². The molecule has 0 saturated carbocycles. The number of ether oxygens (including phenoxy) is 1. The smallest absolute Gasteiger partial charge is 0.303 e. The molecule has 2 N–H and O–H groups in total. The summed E-state index contributed by atoms with van der Waals surface area (Å²) in [6.07, 6.45) is -1.22. The van der Waals surface area contributed by atoms with Crippen LogP contribution in [-0.2, 0) is 14.3 Å². The molecule has 1 heterocycles. The zero-order chi connectivity index (χ0) is 12.1. The van der Waals surface area contributed by atoms with Gasteiger partial charge in [-0.15, -0.1) is 0 Å². The largest absolute Gasteiger partial charge is 0.481 e. The van der Waals surface area contributed by atoms with Crippen molar-refractivity contribution in [3.05, 3.63) is 0 Å². The average Bonchev–Trinajstić information content (AvgIpc) is 2.57. The third kappa shape index (κ3) is 3.46. The number of aliphatic carboxylic acids is 1. The van der Waals surface area contributed by atoms with E-state index in [1.165, 1.54) is 4.90 Å². The fraction of sp³-hybridized carbons (Fsp3) is 0.800. The Morgan fingerprint density at radius 1 is 1.38 bits per heavy atom. The predicted molar refractivity (Wildman–Crippen MR) is 54.9 cm³/mol. The fourth-order valence-electron chi connectivity index (χ4n) is 1.71. The van der Waals surface area contributed by atoms with E-state index in [0.29, 0.717) is 13.2 Å². The van der Waals surface area contributed by atoms with Crippen LogP contribution in [0.15, 0.2) is 0 Å². The Morgan fingerprint density at radius 2 is 2.06 bits per heavy atom. The van der Waals surface area contributed by atoms with Crippen LogP contribution in [0.5, 0.6) is 0 Å². The van der Waals surface area contributed by atoms with Crippen LogP contribution in [0.2, 0.25) is 0 Å². The van der Waals surface area contributed by atoms with Crippen LogP contribution in [-0.4, -0.2) is 58.9 Å². The monoisotopic (exact) mass is 231 g/mol. The van der Waals surface area contributed by atoms with Crippen LogP contribution in [0, 0.1) is 0 Å². The summed E-state index contributed by atoms with van der Waals surface area (Å²) in [6.45, 7) is 2.87. The molecule has 1 fully saturated rings. The van der Waals surface area contributed by atoms with Crippen LogP contribution in [0.1, 0.15) is 19.8 Å². The molecule has 6 heteroatoms. The molecule has 1 saturated heterocycles. The Labute approximate surface area is 93.8 Å². The van der Waals surface area contributed by atoms with Gasteiger partial charge in [0.05, 0.1) is 12.5 Å². The van der Waals surface area contributed by atoms with E-state index in [4.69, 9.17) is 9.84 Å². The lowest BCUT2D eigenvalue weighted by atomic mass is 10.3. The van der Waals surface area contributed by atoms with Gasteiger partial charge in [-0.25, -0.2) is 0 Å². The number of carbonyl (C=O) groups is 2. The standard InChI is InChI=1S/C10H17NO5/c1-2-16-8-6-11(5-7(8)12)9(13)3-4-10(14)15/h7-8,12H,2-6H2,1H3,(H,14,15)/t7-,8-/m1/s1. The fourth-order valence-corrected chi connectivity index (χ4v) is 1.71. The van der Waals surface area contributed by atoms with Gasteiger partial charge < -0.3 is 19.8 Å². The number of nitrogens with zero attached hydrogens (tertiary/aromatic N) is 1. The highest BCUT2D eigenvalue weighted by molar-refractivity contribution is 5.81. The Bertz CT molecular complexity index is 268. The number of amides is 1. The molecule has 0 aromatic carbocycles. The zero-order valence-electron chi connectivity index (χ0n) is 9.26.